The standard InChI is InChI=1S/C16H20N2O3/c1-10-5-6-13(7-11(10)2)15(19)14(8-17)16(20)18-12(3)9-21-4/h5-7,12,14H,9H2,1-4H3,(H,18,20)/t12-,14+/m0/s1. The number of nitrogens with one attached hydrogen (secondary N) is 1. The highest BCUT2D eigenvalue weighted by Gasteiger charge is 2.28. The van der Waals surface area contributed by atoms with E-state index in [1.54, 1.807) is 25.1 Å². The van der Waals surface area contributed by atoms with Gasteiger partial charge in [0.1, 0.15) is 0 Å². The fraction of sp³-hybridized carbons (Fsp3) is 0.438. The molecule has 0 heterocycles. The number of nitrogens with zero attached hydrogens (tertiary/aromatic N) is 1. The van der Waals surface area contributed by atoms with Crippen LogP contribution in [-0.4, -0.2) is 31.4 Å². The van der Waals surface area contributed by atoms with Crippen LogP contribution in [0.4, 0.5) is 0 Å². The second-order valence-electron chi connectivity index (χ2n) is 5.09. The average Bonchev–Trinajstić information content (AvgIpc) is 2.42. The van der Waals surface area contributed by atoms with E-state index >= 15 is 0 Å². The van der Waals surface area contributed by atoms with Gasteiger partial charge < -0.3 is 10.1 Å². The van der Waals surface area contributed by atoms with Gasteiger partial charge in [-0.05, 0) is 38.0 Å². The van der Waals surface area contributed by atoms with E-state index < -0.39 is 17.6 Å². The Morgan fingerprint density at radius 2 is 2.00 bits per heavy atom. The molecule has 1 aromatic rings. The summed E-state index contributed by atoms with van der Waals surface area (Å²) in [6.45, 7) is 5.89. The molecule has 0 aliphatic rings. The molecule has 0 saturated heterocycles. The second kappa shape index (κ2) is 7.55. The SMILES string of the molecule is COC[C@H](C)NC(=O)[C@H](C#N)C(=O)c1ccc(C)c(C)c1. The van der Waals surface area contributed by atoms with Crippen LogP contribution in [0.1, 0.15) is 28.4 Å². The summed E-state index contributed by atoms with van der Waals surface area (Å²) in [6, 6.07) is 6.67. The summed E-state index contributed by atoms with van der Waals surface area (Å²) >= 11 is 0. The second-order valence-corrected chi connectivity index (χ2v) is 5.09. The highest BCUT2D eigenvalue weighted by molar-refractivity contribution is 6.12. The first-order chi connectivity index (χ1) is 9.90. The average molecular weight is 288 g/mol. The van der Waals surface area contributed by atoms with E-state index in [1.165, 1.54) is 7.11 Å². The summed E-state index contributed by atoms with van der Waals surface area (Å²) in [5.74, 6) is -2.42. The smallest absolute Gasteiger partial charge is 0.245 e. The largest absolute Gasteiger partial charge is 0.383 e. The van der Waals surface area contributed by atoms with Gasteiger partial charge >= 0.3 is 0 Å². The molecule has 0 fully saturated rings. The number of nitriles is 1. The number of Topliss-reactive ketones (excluding diaryl/α,β-unsaturated/α-hetero) is 1. The molecule has 1 amide bonds. The Hall–Kier alpha value is -2.19. The summed E-state index contributed by atoms with van der Waals surface area (Å²) < 4.78 is 4.91. The summed E-state index contributed by atoms with van der Waals surface area (Å²) in [4.78, 5) is 24.3. The molecule has 21 heavy (non-hydrogen) atoms. The molecule has 0 aliphatic carbocycles. The van der Waals surface area contributed by atoms with E-state index in [9.17, 15) is 9.59 Å². The predicted octanol–water partition coefficient (Wildman–Crippen LogP) is 1.78. The number of benzene rings is 1. The molecule has 0 unspecified atom stereocenters. The summed E-state index contributed by atoms with van der Waals surface area (Å²) in [6.07, 6.45) is 0. The first-order valence-corrected chi connectivity index (χ1v) is 6.71. The predicted molar refractivity (Wildman–Crippen MR) is 78.8 cm³/mol. The number of aryl methyl sites for hydroxylation is 2. The van der Waals surface area contributed by atoms with Crippen molar-refractivity contribution in [3.8, 4) is 6.07 Å². The van der Waals surface area contributed by atoms with Gasteiger partial charge in [0.15, 0.2) is 11.7 Å². The summed E-state index contributed by atoms with van der Waals surface area (Å²) in [5, 5.41) is 11.7. The molecular formula is C16H20N2O3. The third-order valence-electron chi connectivity index (χ3n) is 3.25. The molecule has 1 N–H and O–H groups in total. The van der Waals surface area contributed by atoms with Crippen molar-refractivity contribution in [2.24, 2.45) is 5.92 Å². The van der Waals surface area contributed by atoms with Gasteiger partial charge in [-0.3, -0.25) is 9.59 Å². The molecule has 2 atom stereocenters. The van der Waals surface area contributed by atoms with E-state index in [-0.39, 0.29) is 6.04 Å². The Bertz CT molecular complexity index is 575. The summed E-state index contributed by atoms with van der Waals surface area (Å²) in [5.41, 5.74) is 2.38. The molecule has 5 heteroatoms. The molecule has 0 saturated carbocycles. The van der Waals surface area contributed by atoms with E-state index in [4.69, 9.17) is 10.00 Å². The van der Waals surface area contributed by atoms with Gasteiger partial charge in [-0.1, -0.05) is 12.1 Å². The van der Waals surface area contributed by atoms with E-state index in [1.807, 2.05) is 19.9 Å². The van der Waals surface area contributed by atoms with Crippen molar-refractivity contribution in [3.63, 3.8) is 0 Å². The molecule has 1 rings (SSSR count). The summed E-state index contributed by atoms with van der Waals surface area (Å²) in [7, 11) is 1.52. The van der Waals surface area contributed by atoms with Crippen molar-refractivity contribution < 1.29 is 14.3 Å². The van der Waals surface area contributed by atoms with Crippen molar-refractivity contribution in [2.75, 3.05) is 13.7 Å². The van der Waals surface area contributed by atoms with E-state index in [0.29, 0.717) is 12.2 Å². The molecule has 112 valence electrons. The van der Waals surface area contributed by atoms with Crippen LogP contribution in [0, 0.1) is 31.1 Å². The topological polar surface area (TPSA) is 79.2 Å². The molecule has 0 radical (unpaired) electrons. The number of rotatable bonds is 6. The minimum Gasteiger partial charge on any atom is -0.383 e. The van der Waals surface area contributed by atoms with Crippen molar-refractivity contribution >= 4 is 11.7 Å². The third-order valence-corrected chi connectivity index (χ3v) is 3.25. The fourth-order valence-corrected chi connectivity index (χ4v) is 1.92. The molecule has 0 spiro atoms. The quantitative estimate of drug-likeness (QED) is 0.639. The number of hydrogen-bond donors (Lipinski definition) is 1. The Labute approximate surface area is 124 Å². The number of hydrogen-bond acceptors (Lipinski definition) is 4. The zero-order chi connectivity index (χ0) is 16.0. The van der Waals surface area contributed by atoms with E-state index in [2.05, 4.69) is 5.32 Å². The normalized spacial score (nSPS) is 13.1. The Morgan fingerprint density at radius 1 is 1.33 bits per heavy atom. The van der Waals surface area contributed by atoms with Crippen LogP contribution in [0.2, 0.25) is 0 Å². The first kappa shape index (κ1) is 16.9. The Balaban J connectivity index is 2.89. The Kier molecular flexibility index (Phi) is 6.07. The highest BCUT2D eigenvalue weighted by atomic mass is 16.5. The first-order valence-electron chi connectivity index (χ1n) is 6.71. The number of amides is 1. The minimum atomic E-state index is -1.34. The lowest BCUT2D eigenvalue weighted by molar-refractivity contribution is -0.123. The molecule has 0 aromatic heterocycles. The van der Waals surface area contributed by atoms with Gasteiger partial charge in [-0.15, -0.1) is 0 Å². The van der Waals surface area contributed by atoms with Gasteiger partial charge in [0, 0.05) is 18.7 Å². The molecule has 0 aliphatic heterocycles. The van der Waals surface area contributed by atoms with Crippen molar-refractivity contribution in [1.29, 1.82) is 5.26 Å². The zero-order valence-corrected chi connectivity index (χ0v) is 12.8. The lowest BCUT2D eigenvalue weighted by atomic mass is 9.95. The number of methoxy groups -OCH3 is 1. The van der Waals surface area contributed by atoms with Crippen LogP contribution in [0.5, 0.6) is 0 Å². The van der Waals surface area contributed by atoms with Crippen LogP contribution in [0.3, 0.4) is 0 Å². The van der Waals surface area contributed by atoms with Crippen LogP contribution in [0.25, 0.3) is 0 Å². The van der Waals surface area contributed by atoms with Gasteiger partial charge in [-0.2, -0.15) is 5.26 Å². The minimum absolute atomic E-state index is 0.258. The zero-order valence-electron chi connectivity index (χ0n) is 12.8. The van der Waals surface area contributed by atoms with Crippen molar-refractivity contribution in [1.82, 2.24) is 5.32 Å². The number of carbonyl (C=O) groups is 2. The van der Waals surface area contributed by atoms with Crippen LogP contribution in [-0.2, 0) is 9.53 Å². The van der Waals surface area contributed by atoms with Gasteiger partial charge in [0.2, 0.25) is 5.91 Å². The van der Waals surface area contributed by atoms with Crippen LogP contribution >= 0.6 is 0 Å². The van der Waals surface area contributed by atoms with Crippen molar-refractivity contribution in [3.05, 3.63) is 34.9 Å². The number of carbonyl (C=O) groups excluding carboxylic acids is 2. The monoisotopic (exact) mass is 288 g/mol. The molecule has 5 nitrogen and oxygen atoms in total. The van der Waals surface area contributed by atoms with Gasteiger partial charge in [-0.25, -0.2) is 0 Å². The lowest BCUT2D eigenvalue weighted by Gasteiger charge is -2.15. The molecular weight excluding hydrogens is 268 g/mol. The van der Waals surface area contributed by atoms with Gasteiger partial charge in [0.05, 0.1) is 12.7 Å². The van der Waals surface area contributed by atoms with Crippen LogP contribution < -0.4 is 5.32 Å². The molecule has 1 aromatic carbocycles. The lowest BCUT2D eigenvalue weighted by Crippen LogP contribution is -2.41. The fourth-order valence-electron chi connectivity index (χ4n) is 1.92. The van der Waals surface area contributed by atoms with Gasteiger partial charge in [0.25, 0.3) is 0 Å². The maximum absolute atomic E-state index is 12.3. The number of ether oxygens (including phenoxy) is 1. The highest BCUT2D eigenvalue weighted by Crippen LogP contribution is 2.14. The molecule has 0 bridgehead atoms. The van der Waals surface area contributed by atoms with E-state index in [0.717, 1.165) is 11.1 Å². The Morgan fingerprint density at radius 3 is 2.52 bits per heavy atom. The third kappa shape index (κ3) is 4.40. The van der Waals surface area contributed by atoms with Crippen LogP contribution in [0.15, 0.2) is 18.2 Å². The number of ketones is 1. The van der Waals surface area contributed by atoms with Crippen molar-refractivity contribution in [2.45, 2.75) is 26.8 Å². The maximum atomic E-state index is 12.3. The maximum Gasteiger partial charge on any atom is 0.245 e.